The molecule has 0 aromatic heterocycles. The van der Waals surface area contributed by atoms with E-state index >= 15 is 0 Å². The summed E-state index contributed by atoms with van der Waals surface area (Å²) in [5, 5.41) is 0. The van der Waals surface area contributed by atoms with E-state index in [2.05, 4.69) is 81.9 Å². The van der Waals surface area contributed by atoms with Crippen molar-refractivity contribution in [3.05, 3.63) is 65.2 Å². The van der Waals surface area contributed by atoms with Crippen LogP contribution in [0.3, 0.4) is 0 Å². The lowest BCUT2D eigenvalue weighted by molar-refractivity contribution is 0.590. The molecule has 0 saturated carbocycles. The first kappa shape index (κ1) is 14.3. The quantitative estimate of drug-likeness (QED) is 0.688. The predicted octanol–water partition coefficient (Wildman–Crippen LogP) is 4.94. The number of hydrogen-bond donors (Lipinski definition) is 0. The second kappa shape index (κ2) is 5.30. The van der Waals surface area contributed by atoms with Crippen molar-refractivity contribution in [3.63, 3.8) is 0 Å². The maximum absolute atomic E-state index is 2.41. The molecule has 1 atom stereocenters. The fourth-order valence-electron chi connectivity index (χ4n) is 3.17. The molecule has 0 heterocycles. The smallest absolute Gasteiger partial charge is 0.0304 e. The molecule has 0 bridgehead atoms. The molecule has 108 valence electrons. The van der Waals surface area contributed by atoms with Gasteiger partial charge in [0.05, 0.1) is 0 Å². The van der Waals surface area contributed by atoms with E-state index in [0.717, 1.165) is 5.54 Å². The molecule has 0 nitrogen and oxygen atoms in total. The minimum absolute atomic E-state index is 0.0260. The van der Waals surface area contributed by atoms with Crippen LogP contribution in [-0.4, -0.2) is 9.52 Å². The van der Waals surface area contributed by atoms with Gasteiger partial charge in [-0.15, -0.1) is 0 Å². The van der Waals surface area contributed by atoms with E-state index in [4.69, 9.17) is 0 Å². The molecule has 2 aromatic rings. The Hall–Kier alpha value is -1.60. The summed E-state index contributed by atoms with van der Waals surface area (Å²) in [4.78, 5) is 0. The van der Waals surface area contributed by atoms with E-state index in [-0.39, 0.29) is 14.9 Å². The van der Waals surface area contributed by atoms with Crippen LogP contribution in [0.1, 0.15) is 43.0 Å². The molecule has 1 heteroatoms. The van der Waals surface area contributed by atoms with Crippen LogP contribution in [0.15, 0.2) is 48.5 Å². The second-order valence-corrected chi connectivity index (χ2v) is 8.71. The van der Waals surface area contributed by atoms with Crippen molar-refractivity contribution in [2.24, 2.45) is 0 Å². The average molecular weight is 292 g/mol. The van der Waals surface area contributed by atoms with Crippen molar-refractivity contribution < 1.29 is 0 Å². The Balaban J connectivity index is 2.03. The molecule has 21 heavy (non-hydrogen) atoms. The van der Waals surface area contributed by atoms with E-state index in [1.165, 1.54) is 22.3 Å². The monoisotopic (exact) mass is 292 g/mol. The molecule has 1 unspecified atom stereocenters. The molecule has 1 aliphatic carbocycles. The lowest BCUT2D eigenvalue weighted by Gasteiger charge is -2.19. The van der Waals surface area contributed by atoms with Crippen LogP contribution in [0.5, 0.6) is 0 Å². The largest absolute Gasteiger partial charge is 0.0798 e. The Morgan fingerprint density at radius 1 is 0.952 bits per heavy atom. The van der Waals surface area contributed by atoms with E-state index in [1.807, 2.05) is 0 Å². The van der Waals surface area contributed by atoms with Gasteiger partial charge in [0.25, 0.3) is 0 Å². The van der Waals surface area contributed by atoms with Gasteiger partial charge >= 0.3 is 0 Å². The topological polar surface area (TPSA) is 0 Å². The van der Waals surface area contributed by atoms with Crippen molar-refractivity contribution >= 4 is 15.6 Å². The third-order valence-electron chi connectivity index (χ3n) is 4.54. The van der Waals surface area contributed by atoms with Gasteiger partial charge in [-0.05, 0) is 38.8 Å². The molecule has 3 rings (SSSR count). The van der Waals surface area contributed by atoms with Gasteiger partial charge in [0.15, 0.2) is 0 Å². The van der Waals surface area contributed by atoms with Gasteiger partial charge in [-0.1, -0.05) is 81.9 Å². The fourth-order valence-corrected chi connectivity index (χ4v) is 4.37. The van der Waals surface area contributed by atoms with Gasteiger partial charge in [-0.3, -0.25) is 0 Å². The third-order valence-corrected chi connectivity index (χ3v) is 6.13. The molecule has 0 spiro atoms. The minimum Gasteiger partial charge on any atom is -0.0798 e. The molecular formula is C20H24Si. The van der Waals surface area contributed by atoms with E-state index in [1.54, 1.807) is 5.56 Å². The normalized spacial score (nSPS) is 17.6. The lowest BCUT2D eigenvalue weighted by atomic mass is 9.86. The van der Waals surface area contributed by atoms with Crippen LogP contribution < -0.4 is 0 Å². The van der Waals surface area contributed by atoms with E-state index in [9.17, 15) is 0 Å². The van der Waals surface area contributed by atoms with Crippen molar-refractivity contribution in [2.45, 2.75) is 38.3 Å². The molecule has 2 aromatic carbocycles. The van der Waals surface area contributed by atoms with E-state index < -0.39 is 0 Å². The summed E-state index contributed by atoms with van der Waals surface area (Å²) in [6.07, 6.45) is 4.74. The molecule has 0 radical (unpaired) electrons. The van der Waals surface area contributed by atoms with Crippen LogP contribution in [0, 0.1) is 0 Å². The van der Waals surface area contributed by atoms with Gasteiger partial charge in [0, 0.05) is 9.52 Å². The minimum atomic E-state index is -0.0260. The molecule has 0 N–H and O–H groups in total. The third kappa shape index (κ3) is 2.63. The summed E-state index contributed by atoms with van der Waals surface area (Å²) in [6, 6.07) is 15.9. The van der Waals surface area contributed by atoms with Crippen LogP contribution in [0.4, 0.5) is 0 Å². The first-order valence-electron chi connectivity index (χ1n) is 7.92. The van der Waals surface area contributed by atoms with Crippen molar-refractivity contribution in [1.82, 2.24) is 0 Å². The zero-order valence-electron chi connectivity index (χ0n) is 13.5. The zero-order valence-corrected chi connectivity index (χ0v) is 14.9. The molecule has 0 fully saturated rings. The standard InChI is InChI=1S/C20H24Si/c1-20(2,3)15-10-8-14(9-11-15)16-6-5-7-18-17(16)12-13-19(18)21-4/h5-13,19H,21H2,1-4H3. The zero-order chi connectivity index (χ0) is 15.0. The van der Waals surface area contributed by atoms with Gasteiger partial charge < -0.3 is 0 Å². The number of benzene rings is 2. The van der Waals surface area contributed by atoms with Crippen molar-refractivity contribution in [3.8, 4) is 11.1 Å². The second-order valence-electron chi connectivity index (χ2n) is 7.01. The summed E-state index contributed by atoms with van der Waals surface area (Å²) in [7, 11) is -0.0260. The highest BCUT2D eigenvalue weighted by Gasteiger charge is 2.19. The van der Waals surface area contributed by atoms with Gasteiger partial charge in [-0.2, -0.15) is 0 Å². The Morgan fingerprint density at radius 3 is 2.29 bits per heavy atom. The summed E-state index contributed by atoms with van der Waals surface area (Å²) >= 11 is 0. The Kier molecular flexibility index (Phi) is 3.62. The maximum Gasteiger partial charge on any atom is 0.0304 e. The number of rotatable bonds is 2. The van der Waals surface area contributed by atoms with Crippen LogP contribution in [-0.2, 0) is 5.41 Å². The van der Waals surface area contributed by atoms with Crippen LogP contribution in [0.2, 0.25) is 6.55 Å². The Bertz CT molecular complexity index is 672. The number of hydrogen-bond acceptors (Lipinski definition) is 0. The van der Waals surface area contributed by atoms with E-state index in [0.29, 0.717) is 0 Å². The Morgan fingerprint density at radius 2 is 1.67 bits per heavy atom. The van der Waals surface area contributed by atoms with Gasteiger partial charge in [-0.25, -0.2) is 0 Å². The SMILES string of the molecule is C[SiH2]C1C=Cc2c(-c3ccc(C(C)(C)C)cc3)cccc21. The fraction of sp³-hybridized carbons (Fsp3) is 0.300. The predicted molar refractivity (Wildman–Crippen MR) is 96.8 cm³/mol. The summed E-state index contributed by atoms with van der Waals surface area (Å²) in [6.45, 7) is 9.19. The highest BCUT2D eigenvalue weighted by atomic mass is 28.2. The summed E-state index contributed by atoms with van der Waals surface area (Å²) < 4.78 is 0. The highest BCUT2D eigenvalue weighted by Crippen LogP contribution is 2.37. The Labute approximate surface area is 130 Å². The molecule has 0 saturated heterocycles. The van der Waals surface area contributed by atoms with Gasteiger partial charge in [0.2, 0.25) is 0 Å². The lowest BCUT2D eigenvalue weighted by Crippen LogP contribution is -2.10. The van der Waals surface area contributed by atoms with Gasteiger partial charge in [0.1, 0.15) is 0 Å². The average Bonchev–Trinajstić information content (AvgIpc) is 2.89. The molecule has 0 aliphatic heterocycles. The van der Waals surface area contributed by atoms with Crippen molar-refractivity contribution in [2.75, 3.05) is 0 Å². The summed E-state index contributed by atoms with van der Waals surface area (Å²) in [5.74, 6) is 0. The first-order chi connectivity index (χ1) is 10.0. The molecule has 0 amide bonds. The molecular weight excluding hydrogens is 268 g/mol. The van der Waals surface area contributed by atoms with Crippen molar-refractivity contribution in [1.29, 1.82) is 0 Å². The molecule has 1 aliphatic rings. The number of allylic oxidation sites excluding steroid dienone is 1. The van der Waals surface area contributed by atoms with Crippen LogP contribution in [0.25, 0.3) is 17.2 Å². The summed E-state index contributed by atoms with van der Waals surface area (Å²) in [5.41, 5.74) is 8.05. The number of fused-ring (bicyclic) bond motifs is 1. The van der Waals surface area contributed by atoms with Crippen LogP contribution >= 0.6 is 0 Å². The maximum atomic E-state index is 2.41. The first-order valence-corrected chi connectivity index (χ1v) is 10.2. The highest BCUT2D eigenvalue weighted by molar-refractivity contribution is 6.37.